The zero-order valence-electron chi connectivity index (χ0n) is 15.7. The van der Waals surface area contributed by atoms with Crippen LogP contribution in [0.1, 0.15) is 55.9 Å². The van der Waals surface area contributed by atoms with Gasteiger partial charge in [-0.15, -0.1) is 12.4 Å². The van der Waals surface area contributed by atoms with E-state index in [9.17, 15) is 4.79 Å². The molecule has 4 rings (SSSR count). The lowest BCUT2D eigenvalue weighted by Crippen LogP contribution is -2.32. The van der Waals surface area contributed by atoms with Crippen molar-refractivity contribution < 1.29 is 4.79 Å². The fourth-order valence-electron chi connectivity index (χ4n) is 3.61. The minimum absolute atomic E-state index is 0. The van der Waals surface area contributed by atoms with Crippen LogP contribution in [0.3, 0.4) is 0 Å². The first-order chi connectivity index (χ1) is 12.7. The Balaban J connectivity index is 0.00000210. The van der Waals surface area contributed by atoms with Gasteiger partial charge in [-0.3, -0.25) is 9.48 Å². The summed E-state index contributed by atoms with van der Waals surface area (Å²) in [6.07, 6.45) is 6.07. The van der Waals surface area contributed by atoms with Gasteiger partial charge in [0, 0.05) is 32.5 Å². The molecule has 27 heavy (non-hydrogen) atoms. The van der Waals surface area contributed by atoms with Crippen molar-refractivity contribution in [1.82, 2.24) is 35.2 Å². The molecule has 2 aromatic heterocycles. The molecule has 0 radical (unpaired) electrons. The number of aromatic nitrogens is 5. The predicted molar refractivity (Wildman–Crippen MR) is 103 cm³/mol. The zero-order valence-corrected chi connectivity index (χ0v) is 16.5. The number of nitrogens with zero attached hydrogens (tertiary/aromatic N) is 5. The maximum absolute atomic E-state index is 12.5. The van der Waals surface area contributed by atoms with Gasteiger partial charge in [0.2, 0.25) is 5.91 Å². The first-order valence-corrected chi connectivity index (χ1v) is 9.68. The Labute approximate surface area is 165 Å². The lowest BCUT2D eigenvalue weighted by molar-refractivity contribution is -0.122. The molecule has 1 fully saturated rings. The van der Waals surface area contributed by atoms with Crippen LogP contribution in [0.25, 0.3) is 0 Å². The fraction of sp³-hybridized carbons (Fsp3) is 0.667. The average Bonchev–Trinajstić information content (AvgIpc) is 3.32. The molecule has 1 saturated carbocycles. The molecule has 1 aliphatic carbocycles. The lowest BCUT2D eigenvalue weighted by Gasteiger charge is -2.18. The fourth-order valence-corrected chi connectivity index (χ4v) is 3.61. The summed E-state index contributed by atoms with van der Waals surface area (Å²) in [7, 11) is 0. The van der Waals surface area contributed by atoms with E-state index >= 15 is 0 Å². The lowest BCUT2D eigenvalue weighted by atomic mass is 10.1. The van der Waals surface area contributed by atoms with Gasteiger partial charge in [0.25, 0.3) is 0 Å². The largest absolute Gasteiger partial charge is 0.346 e. The summed E-state index contributed by atoms with van der Waals surface area (Å²) in [4.78, 5) is 16.9. The van der Waals surface area contributed by atoms with Crippen LogP contribution in [0, 0.1) is 5.92 Å². The van der Waals surface area contributed by atoms with E-state index in [1.165, 1.54) is 5.69 Å². The van der Waals surface area contributed by atoms with Gasteiger partial charge in [0.05, 0.1) is 17.4 Å². The van der Waals surface area contributed by atoms with Crippen molar-refractivity contribution in [3.05, 3.63) is 29.6 Å². The highest BCUT2D eigenvalue weighted by Gasteiger charge is 2.36. The third-order valence-corrected chi connectivity index (χ3v) is 5.18. The van der Waals surface area contributed by atoms with E-state index in [-0.39, 0.29) is 24.4 Å². The molecule has 2 aliphatic rings. The molecule has 1 aliphatic heterocycles. The van der Waals surface area contributed by atoms with Gasteiger partial charge in [0.1, 0.15) is 12.2 Å². The second-order valence-electron chi connectivity index (χ2n) is 7.20. The molecule has 9 heteroatoms. The number of amides is 1. The van der Waals surface area contributed by atoms with Gasteiger partial charge in [-0.1, -0.05) is 0 Å². The summed E-state index contributed by atoms with van der Waals surface area (Å²) < 4.78 is 3.95. The molecule has 3 heterocycles. The van der Waals surface area contributed by atoms with Gasteiger partial charge >= 0.3 is 0 Å². The second-order valence-corrected chi connectivity index (χ2v) is 7.20. The van der Waals surface area contributed by atoms with Crippen molar-refractivity contribution in [2.75, 3.05) is 6.54 Å². The van der Waals surface area contributed by atoms with Crippen LogP contribution in [0.5, 0.6) is 0 Å². The van der Waals surface area contributed by atoms with Crippen molar-refractivity contribution in [3.63, 3.8) is 0 Å². The number of aryl methyl sites for hydroxylation is 3. The highest BCUT2D eigenvalue weighted by molar-refractivity contribution is 5.85. The van der Waals surface area contributed by atoms with Crippen molar-refractivity contribution >= 4 is 18.3 Å². The molecule has 1 atom stereocenters. The SMILES string of the molecule is CCn1ncnc1C(NC(=O)CCc1cc2n(n1)CCCNC2)C1CC1.Cl. The number of rotatable bonds is 7. The van der Waals surface area contributed by atoms with Gasteiger partial charge in [0.15, 0.2) is 0 Å². The molecule has 0 bridgehead atoms. The monoisotopic (exact) mass is 393 g/mol. The summed E-state index contributed by atoms with van der Waals surface area (Å²) in [6.45, 7) is 5.65. The van der Waals surface area contributed by atoms with Crippen LogP contribution in [-0.4, -0.2) is 37.0 Å². The summed E-state index contributed by atoms with van der Waals surface area (Å²) in [5.74, 6) is 1.43. The average molecular weight is 394 g/mol. The standard InChI is InChI=1S/C18H27N7O.ClH/c1-2-24-18(20-12-21-24)17(13-4-5-13)22-16(26)7-6-14-10-15-11-19-8-3-9-25(15)23-14;/h10,12-13,17,19H,2-9,11H2,1H3,(H,22,26);1H. The van der Waals surface area contributed by atoms with Crippen LogP contribution in [0.4, 0.5) is 0 Å². The molecule has 0 saturated heterocycles. The van der Waals surface area contributed by atoms with E-state index < -0.39 is 0 Å². The molecule has 2 N–H and O–H groups in total. The number of carbonyl (C=O) groups excluding carboxylic acids is 1. The second kappa shape index (κ2) is 8.84. The van der Waals surface area contributed by atoms with Crippen LogP contribution < -0.4 is 10.6 Å². The molecule has 0 spiro atoms. The van der Waals surface area contributed by atoms with Gasteiger partial charge < -0.3 is 10.6 Å². The highest BCUT2D eigenvalue weighted by atomic mass is 35.5. The molecular weight excluding hydrogens is 366 g/mol. The van der Waals surface area contributed by atoms with E-state index in [1.54, 1.807) is 6.33 Å². The maximum atomic E-state index is 12.5. The first kappa shape index (κ1) is 19.8. The number of halogens is 1. The summed E-state index contributed by atoms with van der Waals surface area (Å²) in [5, 5.41) is 15.5. The maximum Gasteiger partial charge on any atom is 0.220 e. The van der Waals surface area contributed by atoms with E-state index in [0.717, 1.165) is 57.0 Å². The van der Waals surface area contributed by atoms with E-state index in [4.69, 9.17) is 0 Å². The third-order valence-electron chi connectivity index (χ3n) is 5.18. The molecule has 2 aromatic rings. The molecule has 1 unspecified atom stereocenters. The number of carbonyl (C=O) groups is 1. The van der Waals surface area contributed by atoms with Crippen LogP contribution in [0.15, 0.2) is 12.4 Å². The molecule has 8 nitrogen and oxygen atoms in total. The van der Waals surface area contributed by atoms with Crippen molar-refractivity contribution in [2.45, 2.75) is 64.7 Å². The van der Waals surface area contributed by atoms with Gasteiger partial charge in [-0.25, -0.2) is 9.67 Å². The summed E-state index contributed by atoms with van der Waals surface area (Å²) >= 11 is 0. The van der Waals surface area contributed by atoms with Crippen molar-refractivity contribution in [2.24, 2.45) is 5.92 Å². The first-order valence-electron chi connectivity index (χ1n) is 9.68. The Morgan fingerprint density at radius 1 is 1.44 bits per heavy atom. The summed E-state index contributed by atoms with van der Waals surface area (Å²) in [5.41, 5.74) is 2.21. The molecule has 148 valence electrons. The number of hydrogen-bond donors (Lipinski definition) is 2. The van der Waals surface area contributed by atoms with Crippen LogP contribution in [-0.2, 0) is 30.8 Å². The smallest absolute Gasteiger partial charge is 0.220 e. The van der Waals surface area contributed by atoms with Crippen LogP contribution in [0.2, 0.25) is 0 Å². The Bertz CT molecular complexity index is 744. The minimum atomic E-state index is -0.0205. The van der Waals surface area contributed by atoms with Crippen LogP contribution >= 0.6 is 12.4 Å². The van der Waals surface area contributed by atoms with E-state index in [1.807, 2.05) is 11.6 Å². The normalized spacial score (nSPS) is 17.5. The Hall–Kier alpha value is -1.93. The van der Waals surface area contributed by atoms with E-state index in [0.29, 0.717) is 18.8 Å². The van der Waals surface area contributed by atoms with Crippen molar-refractivity contribution in [1.29, 1.82) is 0 Å². The Morgan fingerprint density at radius 2 is 2.30 bits per heavy atom. The summed E-state index contributed by atoms with van der Waals surface area (Å²) in [6, 6.07) is 2.10. The molecule has 1 amide bonds. The Kier molecular flexibility index (Phi) is 6.49. The minimum Gasteiger partial charge on any atom is -0.346 e. The number of nitrogens with one attached hydrogen (secondary N) is 2. The topological polar surface area (TPSA) is 89.7 Å². The van der Waals surface area contributed by atoms with Gasteiger partial charge in [-0.05, 0) is 44.7 Å². The zero-order chi connectivity index (χ0) is 17.9. The predicted octanol–water partition coefficient (Wildman–Crippen LogP) is 1.61. The Morgan fingerprint density at radius 3 is 3.07 bits per heavy atom. The van der Waals surface area contributed by atoms with Crippen molar-refractivity contribution in [3.8, 4) is 0 Å². The highest BCUT2D eigenvalue weighted by Crippen LogP contribution is 2.40. The van der Waals surface area contributed by atoms with E-state index in [2.05, 4.69) is 36.6 Å². The van der Waals surface area contributed by atoms with Gasteiger partial charge in [-0.2, -0.15) is 10.2 Å². The number of fused-ring (bicyclic) bond motifs is 1. The quantitative estimate of drug-likeness (QED) is 0.745. The number of hydrogen-bond acceptors (Lipinski definition) is 5. The molecule has 0 aromatic carbocycles. The third kappa shape index (κ3) is 4.68. The molecular formula is C18H28ClN7O.